The highest BCUT2D eigenvalue weighted by molar-refractivity contribution is 5.35. The summed E-state index contributed by atoms with van der Waals surface area (Å²) < 4.78 is 5.31. The van der Waals surface area contributed by atoms with Crippen LogP contribution < -0.4 is 4.74 Å². The summed E-state index contributed by atoms with van der Waals surface area (Å²) in [6.45, 7) is 7.01. The Labute approximate surface area is 111 Å². The summed E-state index contributed by atoms with van der Waals surface area (Å²) in [6.07, 6.45) is 3.82. The summed E-state index contributed by atoms with van der Waals surface area (Å²) in [5.74, 6) is 1.70. The van der Waals surface area contributed by atoms with Crippen LogP contribution in [0.1, 0.15) is 44.6 Å². The highest BCUT2D eigenvalue weighted by atomic mass is 16.5. The minimum atomic E-state index is 0.721. The highest BCUT2D eigenvalue weighted by Gasteiger charge is 2.41. The molecule has 1 fully saturated rings. The van der Waals surface area contributed by atoms with Gasteiger partial charge in [-0.3, -0.25) is 4.90 Å². The predicted octanol–water partition coefficient (Wildman–Crippen LogP) is 3.67. The normalized spacial score (nSPS) is 22.2. The molecule has 0 radical (unpaired) electrons. The maximum Gasteiger partial charge on any atom is 0.119 e. The molecule has 1 aromatic carbocycles. The fourth-order valence-corrected chi connectivity index (χ4v) is 2.83. The van der Waals surface area contributed by atoms with Gasteiger partial charge in [0.1, 0.15) is 5.75 Å². The zero-order valence-corrected chi connectivity index (χ0v) is 11.9. The number of rotatable bonds is 7. The lowest BCUT2D eigenvalue weighted by molar-refractivity contribution is 0.260. The van der Waals surface area contributed by atoms with Gasteiger partial charge in [-0.15, -0.1) is 0 Å². The van der Waals surface area contributed by atoms with Gasteiger partial charge in [-0.05, 0) is 50.0 Å². The molecule has 1 aliphatic carbocycles. The molecule has 100 valence electrons. The number of methoxy groups -OCH3 is 1. The van der Waals surface area contributed by atoms with Crippen molar-refractivity contribution in [2.24, 2.45) is 0 Å². The molecule has 1 aromatic rings. The lowest BCUT2D eigenvalue weighted by Crippen LogP contribution is -2.28. The monoisotopic (exact) mass is 247 g/mol. The molecular formula is C16H25NO. The molecule has 0 heterocycles. The Morgan fingerprint density at radius 2 is 1.94 bits per heavy atom. The van der Waals surface area contributed by atoms with E-state index in [9.17, 15) is 0 Å². The van der Waals surface area contributed by atoms with E-state index >= 15 is 0 Å². The molecule has 0 bridgehead atoms. The lowest BCUT2D eigenvalue weighted by Gasteiger charge is -2.21. The zero-order valence-electron chi connectivity index (χ0n) is 11.9. The third-order valence-electron chi connectivity index (χ3n) is 3.77. The van der Waals surface area contributed by atoms with Crippen molar-refractivity contribution >= 4 is 0 Å². The quantitative estimate of drug-likeness (QED) is 0.729. The van der Waals surface area contributed by atoms with Crippen molar-refractivity contribution in [2.45, 2.75) is 45.1 Å². The molecule has 2 rings (SSSR count). The van der Waals surface area contributed by atoms with E-state index in [0.717, 1.165) is 17.7 Å². The summed E-state index contributed by atoms with van der Waals surface area (Å²) in [7, 11) is 1.74. The minimum Gasteiger partial charge on any atom is -0.497 e. The summed E-state index contributed by atoms with van der Waals surface area (Å²) in [5.41, 5.74) is 1.44. The van der Waals surface area contributed by atoms with E-state index in [1.54, 1.807) is 7.11 Å². The molecule has 0 saturated heterocycles. The lowest BCUT2D eigenvalue weighted by atomic mass is 10.1. The van der Waals surface area contributed by atoms with E-state index in [-0.39, 0.29) is 0 Å². The van der Waals surface area contributed by atoms with E-state index in [4.69, 9.17) is 4.74 Å². The van der Waals surface area contributed by atoms with Crippen molar-refractivity contribution in [2.75, 3.05) is 20.2 Å². The Kier molecular flexibility index (Phi) is 4.65. The summed E-state index contributed by atoms with van der Waals surface area (Å²) in [6, 6.07) is 9.32. The fraction of sp³-hybridized carbons (Fsp3) is 0.625. The van der Waals surface area contributed by atoms with E-state index in [1.807, 2.05) is 6.07 Å². The second-order valence-corrected chi connectivity index (χ2v) is 5.22. The topological polar surface area (TPSA) is 12.5 Å². The predicted molar refractivity (Wildman–Crippen MR) is 76.3 cm³/mol. The third kappa shape index (κ3) is 3.05. The van der Waals surface area contributed by atoms with Crippen LogP contribution in [0.25, 0.3) is 0 Å². The first-order valence-electron chi connectivity index (χ1n) is 7.18. The minimum absolute atomic E-state index is 0.721. The van der Waals surface area contributed by atoms with Crippen molar-refractivity contribution in [1.82, 2.24) is 4.90 Å². The molecule has 0 aromatic heterocycles. The van der Waals surface area contributed by atoms with Crippen LogP contribution in [0, 0.1) is 0 Å². The molecule has 0 unspecified atom stereocenters. The van der Waals surface area contributed by atoms with Crippen LogP contribution in [0.5, 0.6) is 5.75 Å². The molecule has 2 atom stereocenters. The molecule has 18 heavy (non-hydrogen) atoms. The van der Waals surface area contributed by atoms with Gasteiger partial charge in [0.05, 0.1) is 7.11 Å². The Morgan fingerprint density at radius 3 is 2.56 bits per heavy atom. The van der Waals surface area contributed by atoms with Crippen LogP contribution in [0.2, 0.25) is 0 Å². The zero-order chi connectivity index (χ0) is 13.0. The first-order valence-corrected chi connectivity index (χ1v) is 7.18. The van der Waals surface area contributed by atoms with Gasteiger partial charge < -0.3 is 4.74 Å². The fourth-order valence-electron chi connectivity index (χ4n) is 2.83. The van der Waals surface area contributed by atoms with Crippen LogP contribution in [0.4, 0.5) is 0 Å². The van der Waals surface area contributed by atoms with Crippen LogP contribution in [0.15, 0.2) is 24.3 Å². The van der Waals surface area contributed by atoms with Gasteiger partial charge in [0.25, 0.3) is 0 Å². The Balaban J connectivity index is 1.99. The first-order chi connectivity index (χ1) is 8.80. The average molecular weight is 247 g/mol. The average Bonchev–Trinajstić information content (AvgIpc) is 3.19. The van der Waals surface area contributed by atoms with E-state index in [1.165, 1.54) is 37.9 Å². The van der Waals surface area contributed by atoms with Gasteiger partial charge in [0, 0.05) is 12.0 Å². The standard InChI is InChI=1S/C16H25NO/c1-4-9-17(10-5-2)16-12-15(16)13-7-6-8-14(11-13)18-3/h6-8,11,15-16H,4-5,9-10,12H2,1-3H3/t15-,16-/m1/s1. The van der Waals surface area contributed by atoms with Gasteiger partial charge in [-0.1, -0.05) is 26.0 Å². The van der Waals surface area contributed by atoms with E-state index in [0.29, 0.717) is 0 Å². The maximum absolute atomic E-state index is 5.31. The summed E-state index contributed by atoms with van der Waals surface area (Å²) in [4.78, 5) is 2.66. The third-order valence-corrected chi connectivity index (χ3v) is 3.77. The molecule has 0 aliphatic heterocycles. The van der Waals surface area contributed by atoms with Crippen LogP contribution in [0.3, 0.4) is 0 Å². The van der Waals surface area contributed by atoms with Crippen molar-refractivity contribution < 1.29 is 4.74 Å². The maximum atomic E-state index is 5.31. The van der Waals surface area contributed by atoms with Gasteiger partial charge >= 0.3 is 0 Å². The number of nitrogens with zero attached hydrogens (tertiary/aromatic N) is 1. The van der Waals surface area contributed by atoms with E-state index in [2.05, 4.69) is 36.9 Å². The van der Waals surface area contributed by atoms with Gasteiger partial charge in [-0.25, -0.2) is 0 Å². The van der Waals surface area contributed by atoms with Crippen molar-refractivity contribution in [3.8, 4) is 5.75 Å². The largest absolute Gasteiger partial charge is 0.497 e. The van der Waals surface area contributed by atoms with Crippen LogP contribution >= 0.6 is 0 Å². The second-order valence-electron chi connectivity index (χ2n) is 5.22. The summed E-state index contributed by atoms with van der Waals surface area (Å²) in [5, 5.41) is 0. The van der Waals surface area contributed by atoms with Gasteiger partial charge in [0.2, 0.25) is 0 Å². The van der Waals surface area contributed by atoms with Gasteiger partial charge in [-0.2, -0.15) is 0 Å². The molecule has 0 amide bonds. The number of hydrogen-bond donors (Lipinski definition) is 0. The van der Waals surface area contributed by atoms with Crippen molar-refractivity contribution in [3.63, 3.8) is 0 Å². The molecular weight excluding hydrogens is 222 g/mol. The number of benzene rings is 1. The molecule has 0 N–H and O–H groups in total. The summed E-state index contributed by atoms with van der Waals surface area (Å²) >= 11 is 0. The number of ether oxygens (including phenoxy) is 1. The van der Waals surface area contributed by atoms with Gasteiger partial charge in [0.15, 0.2) is 0 Å². The number of hydrogen-bond acceptors (Lipinski definition) is 2. The second kappa shape index (κ2) is 6.24. The molecule has 1 aliphatic rings. The molecule has 0 spiro atoms. The molecule has 2 nitrogen and oxygen atoms in total. The van der Waals surface area contributed by atoms with Crippen LogP contribution in [-0.4, -0.2) is 31.1 Å². The first kappa shape index (κ1) is 13.4. The highest BCUT2D eigenvalue weighted by Crippen LogP contribution is 2.45. The Hall–Kier alpha value is -1.02. The molecule has 1 saturated carbocycles. The molecule has 2 heteroatoms. The smallest absolute Gasteiger partial charge is 0.119 e. The van der Waals surface area contributed by atoms with Crippen molar-refractivity contribution in [1.29, 1.82) is 0 Å². The Bertz CT molecular complexity index is 371. The van der Waals surface area contributed by atoms with E-state index < -0.39 is 0 Å². The Morgan fingerprint density at radius 1 is 1.22 bits per heavy atom. The SMILES string of the molecule is CCCN(CCC)[C@@H]1C[C@@H]1c1cccc(OC)c1. The van der Waals surface area contributed by atoms with Crippen LogP contribution in [-0.2, 0) is 0 Å². The van der Waals surface area contributed by atoms with Crippen molar-refractivity contribution in [3.05, 3.63) is 29.8 Å².